The lowest BCUT2D eigenvalue weighted by molar-refractivity contribution is -0.135. The third kappa shape index (κ3) is 2.99. The van der Waals surface area contributed by atoms with E-state index in [9.17, 15) is 4.79 Å². The number of anilines is 1. The number of benzene rings is 2. The van der Waals surface area contributed by atoms with E-state index in [1.54, 1.807) is 0 Å². The molecule has 4 nitrogen and oxygen atoms in total. The van der Waals surface area contributed by atoms with Crippen LogP contribution in [-0.2, 0) is 4.79 Å². The number of carbonyl (C=O) groups is 1. The minimum absolute atomic E-state index is 0.0112. The van der Waals surface area contributed by atoms with Crippen LogP contribution in [0.25, 0.3) is 0 Å². The van der Waals surface area contributed by atoms with Crippen LogP contribution in [0.3, 0.4) is 0 Å². The van der Waals surface area contributed by atoms with Crippen molar-refractivity contribution in [1.82, 2.24) is 0 Å². The summed E-state index contributed by atoms with van der Waals surface area (Å²) in [5, 5.41) is 9.14. The lowest BCUT2D eigenvalue weighted by atomic mass is 10.0. The van der Waals surface area contributed by atoms with Crippen LogP contribution in [0.15, 0.2) is 54.6 Å². The molecule has 0 saturated heterocycles. The first-order valence-corrected chi connectivity index (χ1v) is 6.97. The molecule has 1 atom stereocenters. The van der Waals surface area contributed by atoms with Gasteiger partial charge in [0.25, 0.3) is 0 Å². The minimum Gasteiger partial charge on any atom is -0.493 e. The van der Waals surface area contributed by atoms with Gasteiger partial charge in [-0.25, -0.2) is 0 Å². The molecule has 2 aromatic carbocycles. The number of hydrogen-bond donors (Lipinski definition) is 1. The predicted octanol–water partition coefficient (Wildman–Crippen LogP) is 2.75. The van der Waals surface area contributed by atoms with Crippen molar-refractivity contribution in [2.24, 2.45) is 0 Å². The summed E-state index contributed by atoms with van der Waals surface area (Å²) in [4.78, 5) is 13.0. The van der Waals surface area contributed by atoms with Crippen LogP contribution in [0.4, 0.5) is 5.69 Å². The SMILES string of the molecule is O=C(O)CN(CC1COc2ccccc21)c1ccccc1. The highest BCUT2D eigenvalue weighted by Gasteiger charge is 2.26. The fourth-order valence-corrected chi connectivity index (χ4v) is 2.71. The maximum atomic E-state index is 11.1. The zero-order chi connectivity index (χ0) is 14.7. The Morgan fingerprint density at radius 1 is 1.14 bits per heavy atom. The van der Waals surface area contributed by atoms with E-state index in [-0.39, 0.29) is 12.5 Å². The van der Waals surface area contributed by atoms with Crippen LogP contribution < -0.4 is 9.64 Å². The molecule has 21 heavy (non-hydrogen) atoms. The molecule has 4 heteroatoms. The van der Waals surface area contributed by atoms with E-state index in [0.29, 0.717) is 13.2 Å². The van der Waals surface area contributed by atoms with E-state index >= 15 is 0 Å². The Balaban J connectivity index is 1.81. The highest BCUT2D eigenvalue weighted by molar-refractivity contribution is 5.73. The van der Waals surface area contributed by atoms with Crippen molar-refractivity contribution < 1.29 is 14.6 Å². The fourth-order valence-electron chi connectivity index (χ4n) is 2.71. The molecule has 0 radical (unpaired) electrons. The van der Waals surface area contributed by atoms with Crippen LogP contribution in [0.2, 0.25) is 0 Å². The molecule has 2 aromatic rings. The van der Waals surface area contributed by atoms with Crippen molar-refractivity contribution in [2.75, 3.05) is 24.6 Å². The maximum absolute atomic E-state index is 11.1. The van der Waals surface area contributed by atoms with Crippen LogP contribution in [0.1, 0.15) is 11.5 Å². The summed E-state index contributed by atoms with van der Waals surface area (Å²) in [5.41, 5.74) is 2.08. The summed E-state index contributed by atoms with van der Waals surface area (Å²) in [6, 6.07) is 17.6. The van der Waals surface area contributed by atoms with Crippen molar-refractivity contribution in [1.29, 1.82) is 0 Å². The van der Waals surface area contributed by atoms with E-state index < -0.39 is 5.97 Å². The zero-order valence-corrected chi connectivity index (χ0v) is 11.6. The molecule has 0 aromatic heterocycles. The minimum atomic E-state index is -0.828. The average molecular weight is 283 g/mol. The van der Waals surface area contributed by atoms with Crippen molar-refractivity contribution in [2.45, 2.75) is 5.92 Å². The smallest absolute Gasteiger partial charge is 0.323 e. The molecule has 0 amide bonds. The average Bonchev–Trinajstić information content (AvgIpc) is 2.90. The topological polar surface area (TPSA) is 49.8 Å². The van der Waals surface area contributed by atoms with Crippen molar-refractivity contribution >= 4 is 11.7 Å². The Hall–Kier alpha value is -2.49. The van der Waals surface area contributed by atoms with Gasteiger partial charge in [0.2, 0.25) is 0 Å². The summed E-state index contributed by atoms with van der Waals surface area (Å²) >= 11 is 0. The molecule has 1 aliphatic rings. The van der Waals surface area contributed by atoms with Crippen molar-refractivity contribution in [3.63, 3.8) is 0 Å². The normalized spacial score (nSPS) is 16.1. The first kappa shape index (κ1) is 13.5. The van der Waals surface area contributed by atoms with E-state index in [1.807, 2.05) is 53.4 Å². The van der Waals surface area contributed by atoms with Crippen LogP contribution in [0, 0.1) is 0 Å². The number of para-hydroxylation sites is 2. The summed E-state index contributed by atoms with van der Waals surface area (Å²) in [6.07, 6.45) is 0. The molecule has 1 N–H and O–H groups in total. The molecule has 1 unspecified atom stereocenters. The molecule has 0 bridgehead atoms. The molecule has 3 rings (SSSR count). The van der Waals surface area contributed by atoms with Crippen molar-refractivity contribution in [3.05, 3.63) is 60.2 Å². The van der Waals surface area contributed by atoms with Gasteiger partial charge >= 0.3 is 5.97 Å². The molecule has 0 saturated carbocycles. The Kier molecular flexibility index (Phi) is 3.77. The highest BCUT2D eigenvalue weighted by Crippen LogP contribution is 2.34. The number of carboxylic acid groups (broad SMARTS) is 1. The van der Waals surface area contributed by atoms with Crippen LogP contribution >= 0.6 is 0 Å². The molecular weight excluding hydrogens is 266 g/mol. The van der Waals surface area contributed by atoms with Gasteiger partial charge < -0.3 is 14.7 Å². The maximum Gasteiger partial charge on any atom is 0.323 e. The summed E-state index contributed by atoms with van der Waals surface area (Å²) in [6.45, 7) is 1.22. The first-order valence-electron chi connectivity index (χ1n) is 6.97. The van der Waals surface area contributed by atoms with Gasteiger partial charge in [0.05, 0.1) is 6.61 Å². The van der Waals surface area contributed by atoms with Gasteiger partial charge in [-0.05, 0) is 18.2 Å². The Labute approximate surface area is 123 Å². The summed E-state index contributed by atoms with van der Waals surface area (Å²) in [7, 11) is 0. The lowest BCUT2D eigenvalue weighted by Crippen LogP contribution is -2.34. The van der Waals surface area contributed by atoms with Gasteiger partial charge in [0, 0.05) is 23.7 Å². The van der Waals surface area contributed by atoms with Gasteiger partial charge in [0.1, 0.15) is 12.3 Å². The predicted molar refractivity (Wildman–Crippen MR) is 81.0 cm³/mol. The van der Waals surface area contributed by atoms with Gasteiger partial charge in [-0.15, -0.1) is 0 Å². The Morgan fingerprint density at radius 3 is 2.62 bits per heavy atom. The molecule has 0 aliphatic carbocycles. The monoisotopic (exact) mass is 283 g/mol. The van der Waals surface area contributed by atoms with Crippen molar-refractivity contribution in [3.8, 4) is 5.75 Å². The number of aliphatic carboxylic acids is 1. The number of hydrogen-bond acceptors (Lipinski definition) is 3. The number of ether oxygens (including phenoxy) is 1. The first-order chi connectivity index (χ1) is 10.2. The standard InChI is InChI=1S/C17H17NO3/c19-17(20)11-18(14-6-2-1-3-7-14)10-13-12-21-16-9-5-4-8-15(13)16/h1-9,13H,10-12H2,(H,19,20). The Morgan fingerprint density at radius 2 is 1.86 bits per heavy atom. The number of fused-ring (bicyclic) bond motifs is 1. The van der Waals surface area contributed by atoms with Gasteiger partial charge in [-0.1, -0.05) is 36.4 Å². The molecule has 0 spiro atoms. The summed E-state index contributed by atoms with van der Waals surface area (Å²) in [5.74, 6) is 0.276. The molecule has 0 fully saturated rings. The zero-order valence-electron chi connectivity index (χ0n) is 11.6. The fraction of sp³-hybridized carbons (Fsp3) is 0.235. The largest absolute Gasteiger partial charge is 0.493 e. The van der Waals surface area contributed by atoms with Gasteiger partial charge in [-0.3, -0.25) is 4.79 Å². The molecule has 1 heterocycles. The second-order valence-electron chi connectivity index (χ2n) is 5.16. The van der Waals surface area contributed by atoms with Crippen LogP contribution in [-0.4, -0.2) is 30.8 Å². The second-order valence-corrected chi connectivity index (χ2v) is 5.16. The highest BCUT2D eigenvalue weighted by atomic mass is 16.5. The lowest BCUT2D eigenvalue weighted by Gasteiger charge is -2.25. The third-order valence-corrected chi connectivity index (χ3v) is 3.69. The molecular formula is C17H17NO3. The van der Waals surface area contributed by atoms with Crippen LogP contribution in [0.5, 0.6) is 5.75 Å². The van der Waals surface area contributed by atoms with E-state index in [1.165, 1.54) is 0 Å². The second kappa shape index (κ2) is 5.87. The number of rotatable bonds is 5. The molecule has 108 valence electrons. The summed E-state index contributed by atoms with van der Waals surface area (Å²) < 4.78 is 5.68. The number of carboxylic acids is 1. The van der Waals surface area contributed by atoms with Gasteiger partial charge in [0.15, 0.2) is 0 Å². The Bertz CT molecular complexity index is 627. The quantitative estimate of drug-likeness (QED) is 0.916. The third-order valence-electron chi connectivity index (χ3n) is 3.69. The van der Waals surface area contributed by atoms with E-state index in [2.05, 4.69) is 6.07 Å². The van der Waals surface area contributed by atoms with Gasteiger partial charge in [-0.2, -0.15) is 0 Å². The molecule has 1 aliphatic heterocycles. The number of nitrogens with zero attached hydrogens (tertiary/aromatic N) is 1. The van der Waals surface area contributed by atoms with E-state index in [0.717, 1.165) is 17.0 Å². The van der Waals surface area contributed by atoms with E-state index in [4.69, 9.17) is 9.84 Å².